The van der Waals surface area contributed by atoms with Crippen LogP contribution in [0.5, 0.6) is 0 Å². The molecule has 0 bridgehead atoms. The number of nitrogens with one attached hydrogen (secondary N) is 3. The van der Waals surface area contributed by atoms with Gasteiger partial charge in [-0.15, -0.1) is 0 Å². The highest BCUT2D eigenvalue weighted by Crippen LogP contribution is 2.33. The molecule has 2 fully saturated rings. The standard InChI is InChI=1S/C25H37N7O4/c1-16-13-21(31-30-16)28-20-14-18(26-17(2)27-20)19-15-32(11-12-35-19)22(33)25(9-7-6-8-10-25)29-23(34)36-24(3,4)5/h13-14,19H,6-12,15H2,1-5H3,(H,29,34)(H2,26,27,28,30,31)/t19-/m0/s1. The number of nitrogens with zero attached hydrogens (tertiary/aromatic N) is 4. The monoisotopic (exact) mass is 499 g/mol. The van der Waals surface area contributed by atoms with Crippen molar-refractivity contribution >= 4 is 23.6 Å². The van der Waals surface area contributed by atoms with Crippen LogP contribution in [-0.2, 0) is 14.3 Å². The van der Waals surface area contributed by atoms with Crippen LogP contribution in [0.15, 0.2) is 12.1 Å². The quantitative estimate of drug-likeness (QED) is 0.567. The summed E-state index contributed by atoms with van der Waals surface area (Å²) in [5.41, 5.74) is 0.0183. The van der Waals surface area contributed by atoms with E-state index in [1.54, 1.807) is 4.90 Å². The summed E-state index contributed by atoms with van der Waals surface area (Å²) >= 11 is 0. The summed E-state index contributed by atoms with van der Waals surface area (Å²) in [4.78, 5) is 37.4. The molecule has 2 aliphatic rings. The SMILES string of the molecule is Cc1nc(Nc2cc(C)[nH]n2)cc([C@@H]2CN(C(=O)C3(NC(=O)OC(C)(C)C)CCCCC3)CCO2)n1. The van der Waals surface area contributed by atoms with Crippen molar-refractivity contribution in [2.45, 2.75) is 84.0 Å². The van der Waals surface area contributed by atoms with Gasteiger partial charge in [0.2, 0.25) is 5.91 Å². The third-order valence-corrected chi connectivity index (χ3v) is 6.36. The fourth-order valence-electron chi connectivity index (χ4n) is 4.80. The Bertz CT molecular complexity index is 1090. The average Bonchev–Trinajstić information content (AvgIpc) is 3.22. The van der Waals surface area contributed by atoms with Gasteiger partial charge in [-0.1, -0.05) is 19.3 Å². The first-order chi connectivity index (χ1) is 17.0. The number of aromatic amines is 1. The maximum Gasteiger partial charge on any atom is 0.408 e. The van der Waals surface area contributed by atoms with Crippen LogP contribution in [0.4, 0.5) is 16.4 Å². The lowest BCUT2D eigenvalue weighted by Gasteiger charge is -2.42. The Balaban J connectivity index is 1.50. The fraction of sp³-hybridized carbons (Fsp3) is 0.640. The second kappa shape index (κ2) is 10.4. The Labute approximate surface area is 211 Å². The molecule has 4 rings (SSSR count). The highest BCUT2D eigenvalue weighted by atomic mass is 16.6. The molecule has 36 heavy (non-hydrogen) atoms. The van der Waals surface area contributed by atoms with Gasteiger partial charge in [0, 0.05) is 24.4 Å². The van der Waals surface area contributed by atoms with E-state index in [1.807, 2.05) is 46.8 Å². The van der Waals surface area contributed by atoms with Crippen molar-refractivity contribution in [3.05, 3.63) is 29.3 Å². The molecule has 0 unspecified atom stereocenters. The van der Waals surface area contributed by atoms with Crippen molar-refractivity contribution in [3.8, 4) is 0 Å². The number of rotatable bonds is 5. The van der Waals surface area contributed by atoms with Crippen LogP contribution in [0.2, 0.25) is 0 Å². The lowest BCUT2D eigenvalue weighted by molar-refractivity contribution is -0.147. The molecule has 0 radical (unpaired) electrons. The topological polar surface area (TPSA) is 134 Å². The van der Waals surface area contributed by atoms with E-state index in [9.17, 15) is 9.59 Å². The Kier molecular flexibility index (Phi) is 7.49. The molecule has 0 spiro atoms. The van der Waals surface area contributed by atoms with Crippen molar-refractivity contribution in [1.82, 2.24) is 30.4 Å². The maximum atomic E-state index is 13.9. The summed E-state index contributed by atoms with van der Waals surface area (Å²) in [5, 5.41) is 13.2. The minimum atomic E-state index is -0.964. The van der Waals surface area contributed by atoms with Gasteiger partial charge in [0.25, 0.3) is 0 Å². The molecule has 1 atom stereocenters. The van der Waals surface area contributed by atoms with E-state index in [4.69, 9.17) is 9.47 Å². The van der Waals surface area contributed by atoms with Gasteiger partial charge in [-0.25, -0.2) is 14.8 Å². The Morgan fingerprint density at radius 1 is 1.14 bits per heavy atom. The second-order valence-corrected chi connectivity index (χ2v) is 10.7. The Morgan fingerprint density at radius 3 is 2.56 bits per heavy atom. The van der Waals surface area contributed by atoms with Crippen molar-refractivity contribution in [3.63, 3.8) is 0 Å². The molecule has 1 saturated carbocycles. The summed E-state index contributed by atoms with van der Waals surface area (Å²) in [6, 6.07) is 3.71. The molecule has 2 amide bonds. The van der Waals surface area contributed by atoms with E-state index in [-0.39, 0.29) is 5.91 Å². The van der Waals surface area contributed by atoms with Crippen LogP contribution in [0.25, 0.3) is 0 Å². The van der Waals surface area contributed by atoms with Crippen LogP contribution in [0.3, 0.4) is 0 Å². The largest absolute Gasteiger partial charge is 0.444 e. The van der Waals surface area contributed by atoms with Gasteiger partial charge in [0.15, 0.2) is 5.82 Å². The molecule has 3 N–H and O–H groups in total. The number of H-pyrrole nitrogens is 1. The van der Waals surface area contributed by atoms with Crippen molar-refractivity contribution < 1.29 is 19.1 Å². The number of carbonyl (C=O) groups excluding carboxylic acids is 2. The number of aromatic nitrogens is 4. The number of aryl methyl sites for hydroxylation is 2. The number of alkyl carbamates (subject to hydrolysis) is 1. The van der Waals surface area contributed by atoms with Gasteiger partial charge in [-0.3, -0.25) is 9.89 Å². The molecule has 11 nitrogen and oxygen atoms in total. The van der Waals surface area contributed by atoms with Crippen LogP contribution >= 0.6 is 0 Å². The summed E-state index contributed by atoms with van der Waals surface area (Å²) in [7, 11) is 0. The first-order valence-corrected chi connectivity index (χ1v) is 12.6. The molecule has 2 aromatic heterocycles. The predicted molar refractivity (Wildman–Crippen MR) is 134 cm³/mol. The molecule has 2 aromatic rings. The molecular formula is C25H37N7O4. The molecule has 1 aliphatic carbocycles. The van der Waals surface area contributed by atoms with Gasteiger partial charge in [0.05, 0.1) is 18.8 Å². The van der Waals surface area contributed by atoms with E-state index < -0.39 is 23.3 Å². The summed E-state index contributed by atoms with van der Waals surface area (Å²) in [5.74, 6) is 1.76. The van der Waals surface area contributed by atoms with Gasteiger partial charge in [-0.05, 0) is 47.5 Å². The van der Waals surface area contributed by atoms with E-state index in [0.29, 0.717) is 55.7 Å². The molecule has 3 heterocycles. The molecule has 1 saturated heterocycles. The summed E-state index contributed by atoms with van der Waals surface area (Å²) in [6.45, 7) is 10.4. The Hall–Kier alpha value is -3.21. The number of hydrogen-bond acceptors (Lipinski definition) is 8. The fourth-order valence-corrected chi connectivity index (χ4v) is 4.80. The zero-order chi connectivity index (χ0) is 25.9. The number of amides is 2. The lowest BCUT2D eigenvalue weighted by atomic mass is 9.80. The normalized spacial score (nSPS) is 20.0. The van der Waals surface area contributed by atoms with Crippen LogP contribution in [-0.4, -0.2) is 67.9 Å². The minimum Gasteiger partial charge on any atom is -0.444 e. The third kappa shape index (κ3) is 6.31. The predicted octanol–water partition coefficient (Wildman–Crippen LogP) is 3.69. The molecule has 196 valence electrons. The first-order valence-electron chi connectivity index (χ1n) is 12.6. The molecule has 0 aromatic carbocycles. The number of anilines is 2. The van der Waals surface area contributed by atoms with Gasteiger partial charge in [-0.2, -0.15) is 5.10 Å². The second-order valence-electron chi connectivity index (χ2n) is 10.7. The summed E-state index contributed by atoms with van der Waals surface area (Å²) in [6.07, 6.45) is 3.02. The summed E-state index contributed by atoms with van der Waals surface area (Å²) < 4.78 is 11.5. The third-order valence-electron chi connectivity index (χ3n) is 6.36. The molecule has 1 aliphatic heterocycles. The zero-order valence-corrected chi connectivity index (χ0v) is 21.8. The van der Waals surface area contributed by atoms with Gasteiger partial charge in [0.1, 0.15) is 28.9 Å². The minimum absolute atomic E-state index is 0.0857. The number of hydrogen-bond donors (Lipinski definition) is 3. The first kappa shape index (κ1) is 25.9. The highest BCUT2D eigenvalue weighted by Gasteiger charge is 2.45. The Morgan fingerprint density at radius 2 is 1.89 bits per heavy atom. The average molecular weight is 500 g/mol. The number of morpholine rings is 1. The highest BCUT2D eigenvalue weighted by molar-refractivity contribution is 5.90. The van der Waals surface area contributed by atoms with E-state index >= 15 is 0 Å². The van der Waals surface area contributed by atoms with Crippen molar-refractivity contribution in [2.75, 3.05) is 25.0 Å². The maximum absolute atomic E-state index is 13.9. The number of carbonyl (C=O) groups is 2. The van der Waals surface area contributed by atoms with Crippen LogP contribution in [0.1, 0.15) is 76.2 Å². The lowest BCUT2D eigenvalue weighted by Crippen LogP contribution is -2.62. The molecule has 11 heteroatoms. The number of ether oxygens (including phenoxy) is 2. The van der Waals surface area contributed by atoms with E-state index in [0.717, 1.165) is 25.0 Å². The van der Waals surface area contributed by atoms with E-state index in [2.05, 4.69) is 30.8 Å². The zero-order valence-electron chi connectivity index (χ0n) is 21.8. The van der Waals surface area contributed by atoms with Crippen molar-refractivity contribution in [1.29, 1.82) is 0 Å². The van der Waals surface area contributed by atoms with E-state index in [1.165, 1.54) is 0 Å². The van der Waals surface area contributed by atoms with Crippen LogP contribution < -0.4 is 10.6 Å². The van der Waals surface area contributed by atoms with Crippen molar-refractivity contribution in [2.24, 2.45) is 0 Å². The van der Waals surface area contributed by atoms with Crippen LogP contribution in [0, 0.1) is 13.8 Å². The smallest absolute Gasteiger partial charge is 0.408 e. The van der Waals surface area contributed by atoms with Gasteiger partial charge >= 0.3 is 6.09 Å². The van der Waals surface area contributed by atoms with Gasteiger partial charge < -0.3 is 25.0 Å². The molecular weight excluding hydrogens is 462 g/mol.